The largest absolute Gasteiger partial charge is 0.457 e. The number of furan rings is 1. The van der Waals surface area contributed by atoms with Gasteiger partial charge in [0.25, 0.3) is 16.8 Å². The second-order valence-corrected chi connectivity index (χ2v) is 8.28. The summed E-state index contributed by atoms with van der Waals surface area (Å²) < 4.78 is 5.75. The highest BCUT2D eigenvalue weighted by atomic mass is 35.5. The number of carbonyl (C=O) groups is 2. The van der Waals surface area contributed by atoms with Crippen molar-refractivity contribution in [1.82, 2.24) is 4.90 Å². The number of carbonyl (C=O) groups excluding carboxylic acids is 2. The number of hydrogen-bond acceptors (Lipinski definition) is 6. The summed E-state index contributed by atoms with van der Waals surface area (Å²) in [4.78, 5) is 37.1. The molecule has 2 aromatic carbocycles. The lowest BCUT2D eigenvalue weighted by molar-refractivity contribution is -0.385. The van der Waals surface area contributed by atoms with Gasteiger partial charge in [-0.2, -0.15) is 0 Å². The van der Waals surface area contributed by atoms with Crippen molar-refractivity contribution in [3.05, 3.63) is 91.5 Å². The first-order valence-electron chi connectivity index (χ1n) is 9.17. The molecule has 156 valence electrons. The van der Waals surface area contributed by atoms with E-state index in [2.05, 4.69) is 0 Å². The lowest BCUT2D eigenvalue weighted by atomic mass is 10.1. The molecule has 7 nitrogen and oxygen atoms in total. The number of imide groups is 1. The standard InChI is InChI=1S/C22H15ClN2O5S/c1-13-2-5-15(10-18(13)25(28)29)19-9-8-17(30-19)11-20-21(26)24(22(27)31-20)12-14-3-6-16(23)7-4-14/h2-11H,12H2,1H3/b20-11-. The molecule has 0 radical (unpaired) electrons. The van der Waals surface area contributed by atoms with Gasteiger partial charge in [-0.1, -0.05) is 35.9 Å². The molecule has 1 aliphatic heterocycles. The van der Waals surface area contributed by atoms with Gasteiger partial charge in [0.05, 0.1) is 16.4 Å². The zero-order valence-corrected chi connectivity index (χ0v) is 17.8. The SMILES string of the molecule is Cc1ccc(-c2ccc(/C=C3\SC(=O)N(Cc4ccc(Cl)cc4)C3=O)o2)cc1[N+](=O)[O-]. The second-order valence-electron chi connectivity index (χ2n) is 6.85. The van der Waals surface area contributed by atoms with E-state index in [-0.39, 0.29) is 22.4 Å². The van der Waals surface area contributed by atoms with E-state index in [1.165, 1.54) is 12.1 Å². The summed E-state index contributed by atoms with van der Waals surface area (Å²) in [7, 11) is 0. The molecular weight excluding hydrogens is 440 g/mol. The Bertz CT molecular complexity index is 1230. The fraction of sp³-hybridized carbons (Fsp3) is 0.0909. The first-order chi connectivity index (χ1) is 14.8. The van der Waals surface area contributed by atoms with Crippen molar-refractivity contribution in [2.45, 2.75) is 13.5 Å². The molecule has 1 aliphatic rings. The predicted molar refractivity (Wildman–Crippen MR) is 119 cm³/mol. The van der Waals surface area contributed by atoms with Crippen LogP contribution in [0.2, 0.25) is 5.02 Å². The Kier molecular flexibility index (Phi) is 5.67. The molecule has 0 bridgehead atoms. The van der Waals surface area contributed by atoms with E-state index in [0.29, 0.717) is 27.7 Å². The highest BCUT2D eigenvalue weighted by Gasteiger charge is 2.35. The number of halogens is 1. The Morgan fingerprint density at radius 1 is 1.13 bits per heavy atom. The Morgan fingerprint density at radius 2 is 1.87 bits per heavy atom. The monoisotopic (exact) mass is 454 g/mol. The van der Waals surface area contributed by atoms with Crippen molar-refractivity contribution < 1.29 is 18.9 Å². The van der Waals surface area contributed by atoms with Crippen LogP contribution in [-0.2, 0) is 11.3 Å². The minimum atomic E-state index is -0.445. The second kappa shape index (κ2) is 8.41. The molecule has 1 saturated heterocycles. The number of nitro benzene ring substituents is 1. The van der Waals surface area contributed by atoms with E-state index >= 15 is 0 Å². The Balaban J connectivity index is 1.55. The lowest BCUT2D eigenvalue weighted by Gasteiger charge is -2.12. The molecular formula is C22H15ClN2O5S. The third-order valence-electron chi connectivity index (χ3n) is 4.72. The fourth-order valence-electron chi connectivity index (χ4n) is 3.08. The Hall–Kier alpha value is -3.36. The van der Waals surface area contributed by atoms with Crippen molar-refractivity contribution in [3.63, 3.8) is 0 Å². The van der Waals surface area contributed by atoms with Gasteiger partial charge >= 0.3 is 0 Å². The van der Waals surface area contributed by atoms with Crippen LogP contribution in [0, 0.1) is 17.0 Å². The van der Waals surface area contributed by atoms with Crippen molar-refractivity contribution in [1.29, 1.82) is 0 Å². The molecule has 0 atom stereocenters. The number of amides is 2. The van der Waals surface area contributed by atoms with Crippen molar-refractivity contribution in [2.75, 3.05) is 0 Å². The number of nitrogens with zero attached hydrogens (tertiary/aromatic N) is 2. The minimum absolute atomic E-state index is 0.00114. The summed E-state index contributed by atoms with van der Waals surface area (Å²) in [5, 5.41) is 11.4. The number of aryl methyl sites for hydroxylation is 1. The summed E-state index contributed by atoms with van der Waals surface area (Å²) >= 11 is 6.71. The molecule has 0 aliphatic carbocycles. The van der Waals surface area contributed by atoms with Crippen LogP contribution >= 0.6 is 23.4 Å². The van der Waals surface area contributed by atoms with Gasteiger partial charge in [0, 0.05) is 28.3 Å². The maximum atomic E-state index is 12.7. The number of thioether (sulfide) groups is 1. The smallest absolute Gasteiger partial charge is 0.293 e. The molecule has 9 heteroatoms. The number of benzene rings is 2. The first-order valence-corrected chi connectivity index (χ1v) is 10.4. The van der Waals surface area contributed by atoms with Crippen LogP contribution in [0.4, 0.5) is 10.5 Å². The molecule has 0 saturated carbocycles. The van der Waals surface area contributed by atoms with Gasteiger partial charge in [-0.25, -0.2) is 0 Å². The van der Waals surface area contributed by atoms with Gasteiger partial charge < -0.3 is 4.42 Å². The van der Waals surface area contributed by atoms with Gasteiger partial charge in [-0.15, -0.1) is 0 Å². The third-order valence-corrected chi connectivity index (χ3v) is 5.88. The molecule has 0 N–H and O–H groups in total. The molecule has 3 aromatic rings. The number of nitro groups is 1. The normalized spacial score (nSPS) is 15.2. The molecule has 2 amide bonds. The fourth-order valence-corrected chi connectivity index (χ4v) is 4.03. The van der Waals surface area contributed by atoms with Gasteiger partial charge in [0.1, 0.15) is 11.5 Å². The quantitative estimate of drug-likeness (QED) is 0.264. The van der Waals surface area contributed by atoms with Crippen LogP contribution in [0.25, 0.3) is 17.4 Å². The van der Waals surface area contributed by atoms with Gasteiger partial charge in [0.15, 0.2) is 0 Å². The molecule has 31 heavy (non-hydrogen) atoms. The highest BCUT2D eigenvalue weighted by Crippen LogP contribution is 2.35. The van der Waals surface area contributed by atoms with Crippen LogP contribution in [-0.4, -0.2) is 21.0 Å². The van der Waals surface area contributed by atoms with Crippen molar-refractivity contribution >= 4 is 46.3 Å². The maximum Gasteiger partial charge on any atom is 0.293 e. The summed E-state index contributed by atoms with van der Waals surface area (Å²) in [5.74, 6) is 0.388. The Morgan fingerprint density at radius 3 is 2.58 bits per heavy atom. The van der Waals surface area contributed by atoms with Crippen LogP contribution in [0.1, 0.15) is 16.9 Å². The minimum Gasteiger partial charge on any atom is -0.457 e. The van der Waals surface area contributed by atoms with E-state index in [9.17, 15) is 19.7 Å². The summed E-state index contributed by atoms with van der Waals surface area (Å²) in [6, 6.07) is 15.0. The van der Waals surface area contributed by atoms with Crippen LogP contribution in [0.15, 0.2) is 63.9 Å². The van der Waals surface area contributed by atoms with Gasteiger partial charge in [-0.3, -0.25) is 24.6 Å². The molecule has 1 fully saturated rings. The number of rotatable bonds is 5. The zero-order valence-electron chi connectivity index (χ0n) is 16.2. The van der Waals surface area contributed by atoms with Gasteiger partial charge in [0.2, 0.25) is 0 Å². The number of hydrogen-bond donors (Lipinski definition) is 0. The van der Waals surface area contributed by atoms with Gasteiger partial charge in [-0.05, 0) is 48.5 Å². The van der Waals surface area contributed by atoms with Crippen LogP contribution < -0.4 is 0 Å². The molecule has 2 heterocycles. The Labute approximate surface area is 186 Å². The van der Waals surface area contributed by atoms with E-state index in [1.807, 2.05) is 0 Å². The average molecular weight is 455 g/mol. The van der Waals surface area contributed by atoms with E-state index in [4.69, 9.17) is 16.0 Å². The van der Waals surface area contributed by atoms with E-state index in [0.717, 1.165) is 22.2 Å². The molecule has 4 rings (SSSR count). The zero-order chi connectivity index (χ0) is 22.1. The third kappa shape index (κ3) is 4.40. The maximum absolute atomic E-state index is 12.7. The molecule has 0 unspecified atom stereocenters. The molecule has 1 aromatic heterocycles. The van der Waals surface area contributed by atoms with E-state index < -0.39 is 10.8 Å². The topological polar surface area (TPSA) is 93.7 Å². The highest BCUT2D eigenvalue weighted by molar-refractivity contribution is 8.18. The molecule has 0 spiro atoms. The summed E-state index contributed by atoms with van der Waals surface area (Å²) in [6.45, 7) is 1.81. The lowest BCUT2D eigenvalue weighted by Crippen LogP contribution is -2.27. The van der Waals surface area contributed by atoms with Crippen LogP contribution in [0.3, 0.4) is 0 Å². The van der Waals surface area contributed by atoms with E-state index in [1.54, 1.807) is 55.5 Å². The summed E-state index contributed by atoms with van der Waals surface area (Å²) in [5.41, 5.74) is 1.88. The average Bonchev–Trinajstić information content (AvgIpc) is 3.30. The summed E-state index contributed by atoms with van der Waals surface area (Å²) in [6.07, 6.45) is 1.50. The van der Waals surface area contributed by atoms with Crippen molar-refractivity contribution in [2.24, 2.45) is 0 Å². The van der Waals surface area contributed by atoms with Crippen LogP contribution in [0.5, 0.6) is 0 Å². The first kappa shape index (κ1) is 20.9. The predicted octanol–water partition coefficient (Wildman–Crippen LogP) is 6.05. The van der Waals surface area contributed by atoms with Crippen molar-refractivity contribution in [3.8, 4) is 11.3 Å².